The molecule has 0 radical (unpaired) electrons. The van der Waals surface area contributed by atoms with E-state index in [9.17, 15) is 9.59 Å². The van der Waals surface area contributed by atoms with Crippen LogP contribution >= 0.6 is 11.6 Å². The fourth-order valence-electron chi connectivity index (χ4n) is 2.53. The molecule has 0 fully saturated rings. The first-order valence-corrected chi connectivity index (χ1v) is 8.67. The Morgan fingerprint density at radius 2 is 2.00 bits per heavy atom. The molecular formula is C19H23ClN2O3. The highest BCUT2D eigenvalue weighted by molar-refractivity contribution is 6.30. The quantitative estimate of drug-likeness (QED) is 0.816. The van der Waals surface area contributed by atoms with Crippen LogP contribution in [0.2, 0.25) is 5.02 Å². The number of carbonyl (C=O) groups excluding carboxylic acids is 2. The van der Waals surface area contributed by atoms with Gasteiger partial charge in [-0.25, -0.2) is 0 Å². The molecule has 0 aliphatic heterocycles. The van der Waals surface area contributed by atoms with Crippen molar-refractivity contribution in [2.75, 3.05) is 6.54 Å². The number of likely N-dealkylation sites (N-methyl/N-ethyl adjacent to an activating group) is 1. The SMILES string of the molecule is CCN(Cc1cccc(Cl)c1)C(=O)C(NC(=O)c1ccco1)C(C)C. The smallest absolute Gasteiger partial charge is 0.287 e. The number of hydrogen-bond acceptors (Lipinski definition) is 3. The molecule has 134 valence electrons. The number of furan rings is 1. The van der Waals surface area contributed by atoms with Gasteiger partial charge in [-0.15, -0.1) is 0 Å². The predicted molar refractivity (Wildman–Crippen MR) is 97.3 cm³/mol. The molecule has 1 aromatic carbocycles. The number of halogens is 1. The van der Waals surface area contributed by atoms with E-state index in [0.717, 1.165) is 5.56 Å². The lowest BCUT2D eigenvalue weighted by molar-refractivity contribution is -0.134. The molecule has 25 heavy (non-hydrogen) atoms. The summed E-state index contributed by atoms with van der Waals surface area (Å²) in [5, 5.41) is 3.41. The van der Waals surface area contributed by atoms with E-state index < -0.39 is 11.9 Å². The molecule has 1 atom stereocenters. The third-order valence-electron chi connectivity index (χ3n) is 3.92. The molecular weight excluding hydrogens is 340 g/mol. The summed E-state index contributed by atoms with van der Waals surface area (Å²) in [5.41, 5.74) is 0.947. The molecule has 1 heterocycles. The number of rotatable bonds is 7. The lowest BCUT2D eigenvalue weighted by Gasteiger charge is -2.29. The van der Waals surface area contributed by atoms with Gasteiger partial charge in [0.25, 0.3) is 5.91 Å². The Labute approximate surface area is 153 Å². The molecule has 2 amide bonds. The van der Waals surface area contributed by atoms with E-state index in [4.69, 9.17) is 16.0 Å². The van der Waals surface area contributed by atoms with Crippen molar-refractivity contribution in [2.45, 2.75) is 33.4 Å². The van der Waals surface area contributed by atoms with E-state index in [1.165, 1.54) is 6.26 Å². The molecule has 0 aliphatic rings. The van der Waals surface area contributed by atoms with Crippen LogP contribution in [0.25, 0.3) is 0 Å². The minimum absolute atomic E-state index is 0.0557. The first-order valence-electron chi connectivity index (χ1n) is 8.30. The fraction of sp³-hybridized carbons (Fsp3) is 0.368. The van der Waals surface area contributed by atoms with Crippen LogP contribution in [-0.4, -0.2) is 29.3 Å². The summed E-state index contributed by atoms with van der Waals surface area (Å²) in [6.45, 7) is 6.69. The summed E-state index contributed by atoms with van der Waals surface area (Å²) in [6, 6.07) is 9.99. The predicted octanol–water partition coefficient (Wildman–Crippen LogP) is 3.74. The van der Waals surface area contributed by atoms with Gasteiger partial charge in [-0.3, -0.25) is 9.59 Å². The number of carbonyl (C=O) groups is 2. The highest BCUT2D eigenvalue weighted by Gasteiger charge is 2.29. The average molecular weight is 363 g/mol. The summed E-state index contributed by atoms with van der Waals surface area (Å²) in [4.78, 5) is 26.9. The first-order chi connectivity index (χ1) is 11.9. The molecule has 0 saturated heterocycles. The molecule has 1 N–H and O–H groups in total. The van der Waals surface area contributed by atoms with Crippen LogP contribution in [0.5, 0.6) is 0 Å². The molecule has 0 aliphatic carbocycles. The van der Waals surface area contributed by atoms with E-state index in [2.05, 4.69) is 5.32 Å². The fourth-order valence-corrected chi connectivity index (χ4v) is 2.74. The molecule has 0 bridgehead atoms. The molecule has 5 nitrogen and oxygen atoms in total. The lowest BCUT2D eigenvalue weighted by atomic mass is 10.0. The molecule has 0 spiro atoms. The minimum atomic E-state index is -0.628. The zero-order valence-electron chi connectivity index (χ0n) is 14.7. The van der Waals surface area contributed by atoms with Gasteiger partial charge in [0, 0.05) is 18.1 Å². The standard InChI is InChI=1S/C19H23ClN2O3/c1-4-22(12-14-7-5-8-15(20)11-14)19(24)17(13(2)3)21-18(23)16-9-6-10-25-16/h5-11,13,17H,4,12H2,1-3H3,(H,21,23). The normalized spacial score (nSPS) is 12.0. The number of nitrogens with zero attached hydrogens (tertiary/aromatic N) is 1. The summed E-state index contributed by atoms with van der Waals surface area (Å²) in [6.07, 6.45) is 1.43. The molecule has 1 aromatic heterocycles. The van der Waals surface area contributed by atoms with Gasteiger partial charge in [0.1, 0.15) is 6.04 Å². The van der Waals surface area contributed by atoms with Crippen molar-refractivity contribution < 1.29 is 14.0 Å². The van der Waals surface area contributed by atoms with Gasteiger partial charge < -0.3 is 14.6 Å². The van der Waals surface area contributed by atoms with Crippen LogP contribution in [0.1, 0.15) is 36.9 Å². The average Bonchev–Trinajstić information content (AvgIpc) is 3.11. The third kappa shape index (κ3) is 5.10. The molecule has 6 heteroatoms. The maximum absolute atomic E-state index is 13.0. The van der Waals surface area contributed by atoms with Crippen LogP contribution < -0.4 is 5.32 Å². The van der Waals surface area contributed by atoms with E-state index >= 15 is 0 Å². The second kappa shape index (κ2) is 8.72. The van der Waals surface area contributed by atoms with Crippen LogP contribution in [0.4, 0.5) is 0 Å². The van der Waals surface area contributed by atoms with E-state index in [1.807, 2.05) is 39.0 Å². The molecule has 2 rings (SSSR count). The highest BCUT2D eigenvalue weighted by Crippen LogP contribution is 2.15. The second-order valence-corrected chi connectivity index (χ2v) is 6.59. The van der Waals surface area contributed by atoms with Crippen molar-refractivity contribution in [1.82, 2.24) is 10.2 Å². The van der Waals surface area contributed by atoms with E-state index in [-0.39, 0.29) is 17.6 Å². The molecule has 2 aromatic rings. The maximum Gasteiger partial charge on any atom is 0.287 e. The Morgan fingerprint density at radius 3 is 2.56 bits per heavy atom. The number of hydrogen-bond donors (Lipinski definition) is 1. The number of benzene rings is 1. The van der Waals surface area contributed by atoms with Crippen LogP contribution in [0.15, 0.2) is 47.1 Å². The van der Waals surface area contributed by atoms with Gasteiger partial charge >= 0.3 is 0 Å². The number of nitrogens with one attached hydrogen (secondary N) is 1. The van der Waals surface area contributed by atoms with Crippen molar-refractivity contribution in [1.29, 1.82) is 0 Å². The zero-order chi connectivity index (χ0) is 18.4. The third-order valence-corrected chi connectivity index (χ3v) is 4.16. The van der Waals surface area contributed by atoms with Crippen molar-refractivity contribution in [2.24, 2.45) is 5.92 Å². The zero-order valence-corrected chi connectivity index (χ0v) is 15.4. The second-order valence-electron chi connectivity index (χ2n) is 6.15. The molecule has 1 unspecified atom stereocenters. The minimum Gasteiger partial charge on any atom is -0.459 e. The monoisotopic (exact) mass is 362 g/mol. The highest BCUT2D eigenvalue weighted by atomic mass is 35.5. The maximum atomic E-state index is 13.0. The van der Waals surface area contributed by atoms with Crippen molar-refractivity contribution in [3.05, 3.63) is 59.0 Å². The van der Waals surface area contributed by atoms with Gasteiger partial charge in [-0.2, -0.15) is 0 Å². The largest absolute Gasteiger partial charge is 0.459 e. The Balaban J connectivity index is 2.12. The van der Waals surface area contributed by atoms with Gasteiger partial charge in [0.2, 0.25) is 5.91 Å². The first kappa shape index (κ1) is 19.1. The summed E-state index contributed by atoms with van der Waals surface area (Å²) >= 11 is 6.02. The van der Waals surface area contributed by atoms with Crippen molar-refractivity contribution in [3.8, 4) is 0 Å². The Bertz CT molecular complexity index is 713. The van der Waals surface area contributed by atoms with Gasteiger partial charge in [0.15, 0.2) is 5.76 Å². The topological polar surface area (TPSA) is 62.6 Å². The Hall–Kier alpha value is -2.27. The van der Waals surface area contributed by atoms with Crippen molar-refractivity contribution >= 4 is 23.4 Å². The van der Waals surface area contributed by atoms with Crippen LogP contribution in [0, 0.1) is 5.92 Å². The summed E-state index contributed by atoms with van der Waals surface area (Å²) in [5.74, 6) is -0.385. The lowest BCUT2D eigenvalue weighted by Crippen LogP contribution is -2.51. The van der Waals surface area contributed by atoms with Crippen LogP contribution in [-0.2, 0) is 11.3 Å². The summed E-state index contributed by atoms with van der Waals surface area (Å²) < 4.78 is 5.10. The van der Waals surface area contributed by atoms with E-state index in [0.29, 0.717) is 18.1 Å². The summed E-state index contributed by atoms with van der Waals surface area (Å²) in [7, 11) is 0. The Kier molecular flexibility index (Phi) is 6.65. The van der Waals surface area contributed by atoms with Crippen LogP contribution in [0.3, 0.4) is 0 Å². The van der Waals surface area contributed by atoms with Gasteiger partial charge in [-0.05, 0) is 42.7 Å². The van der Waals surface area contributed by atoms with Crippen molar-refractivity contribution in [3.63, 3.8) is 0 Å². The Morgan fingerprint density at radius 1 is 1.24 bits per heavy atom. The molecule has 0 saturated carbocycles. The van der Waals surface area contributed by atoms with Gasteiger partial charge in [0.05, 0.1) is 6.26 Å². The van der Waals surface area contributed by atoms with Gasteiger partial charge in [-0.1, -0.05) is 37.6 Å². The number of amides is 2. The van der Waals surface area contributed by atoms with E-state index in [1.54, 1.807) is 23.1 Å².